The summed E-state index contributed by atoms with van der Waals surface area (Å²) in [5.74, 6) is 0. The zero-order valence-corrected chi connectivity index (χ0v) is 11.3. The number of hydrogen-bond acceptors (Lipinski definition) is 0. The van der Waals surface area contributed by atoms with E-state index in [-0.39, 0.29) is 0 Å². The third kappa shape index (κ3) is 2.42. The molecule has 0 bridgehead atoms. The Kier molecular flexibility index (Phi) is 3.85. The minimum absolute atomic E-state index is 0.907. The van der Waals surface area contributed by atoms with Crippen LogP contribution in [0, 0.1) is 10.5 Å². The minimum atomic E-state index is 0.907. The van der Waals surface area contributed by atoms with Crippen molar-refractivity contribution >= 4 is 54.5 Å². The fourth-order valence-corrected chi connectivity index (χ4v) is 2.76. The highest BCUT2D eigenvalue weighted by molar-refractivity contribution is 14.1. The first kappa shape index (κ1) is 9.99. The van der Waals surface area contributed by atoms with Crippen LogP contribution in [0.1, 0.15) is 11.1 Å². The van der Waals surface area contributed by atoms with E-state index in [4.69, 9.17) is 0 Å². The SMILES string of the molecule is Cc1cc(Br)c(CBr)cc1I. The molecule has 1 aromatic carbocycles. The number of aryl methyl sites for hydroxylation is 1. The van der Waals surface area contributed by atoms with Gasteiger partial charge in [0.25, 0.3) is 0 Å². The molecule has 0 aliphatic carbocycles. The smallest absolute Gasteiger partial charge is 0.0294 e. The highest BCUT2D eigenvalue weighted by Crippen LogP contribution is 2.24. The fraction of sp³-hybridized carbons (Fsp3) is 0.250. The molecule has 11 heavy (non-hydrogen) atoms. The molecule has 0 amide bonds. The highest BCUT2D eigenvalue weighted by atomic mass is 127. The summed E-state index contributed by atoms with van der Waals surface area (Å²) < 4.78 is 2.51. The van der Waals surface area contributed by atoms with Crippen molar-refractivity contribution in [2.24, 2.45) is 0 Å². The van der Waals surface area contributed by atoms with Gasteiger partial charge in [-0.2, -0.15) is 0 Å². The van der Waals surface area contributed by atoms with Crippen LogP contribution in [0.2, 0.25) is 0 Å². The predicted molar refractivity (Wildman–Crippen MR) is 64.2 cm³/mol. The van der Waals surface area contributed by atoms with E-state index in [0.29, 0.717) is 0 Å². The molecular weight excluding hydrogens is 383 g/mol. The number of halogens is 3. The van der Waals surface area contributed by atoms with E-state index in [0.717, 1.165) is 5.33 Å². The van der Waals surface area contributed by atoms with Crippen molar-refractivity contribution in [3.63, 3.8) is 0 Å². The monoisotopic (exact) mass is 388 g/mol. The van der Waals surface area contributed by atoms with Gasteiger partial charge < -0.3 is 0 Å². The molecule has 0 N–H and O–H groups in total. The Labute approximate surface area is 97.2 Å². The van der Waals surface area contributed by atoms with E-state index in [1.807, 2.05) is 0 Å². The molecule has 0 nitrogen and oxygen atoms in total. The molecule has 0 unspecified atom stereocenters. The van der Waals surface area contributed by atoms with Gasteiger partial charge >= 0.3 is 0 Å². The maximum Gasteiger partial charge on any atom is 0.0294 e. The van der Waals surface area contributed by atoms with Gasteiger partial charge in [0.15, 0.2) is 0 Å². The second-order valence-electron chi connectivity index (χ2n) is 2.33. The Hall–Kier alpha value is 0.910. The van der Waals surface area contributed by atoms with Gasteiger partial charge in [0, 0.05) is 13.4 Å². The van der Waals surface area contributed by atoms with Gasteiger partial charge in [-0.15, -0.1) is 0 Å². The Balaban J connectivity index is 3.21. The van der Waals surface area contributed by atoms with E-state index in [1.54, 1.807) is 0 Å². The van der Waals surface area contributed by atoms with E-state index in [2.05, 4.69) is 73.5 Å². The summed E-state index contributed by atoms with van der Waals surface area (Å²) in [5.41, 5.74) is 2.63. The Morgan fingerprint density at radius 1 is 1.45 bits per heavy atom. The third-order valence-electron chi connectivity index (χ3n) is 1.47. The molecule has 0 aliphatic rings. The van der Waals surface area contributed by atoms with Crippen LogP contribution in [-0.2, 0) is 5.33 Å². The van der Waals surface area contributed by atoms with Gasteiger partial charge in [0.2, 0.25) is 0 Å². The standard InChI is InChI=1S/C8H7Br2I/c1-5-2-7(10)6(4-9)3-8(5)11/h2-3H,4H2,1H3. The summed E-state index contributed by atoms with van der Waals surface area (Å²) in [6.07, 6.45) is 0. The summed E-state index contributed by atoms with van der Waals surface area (Å²) in [5, 5.41) is 0.907. The van der Waals surface area contributed by atoms with Crippen LogP contribution in [0.3, 0.4) is 0 Å². The summed E-state index contributed by atoms with van der Waals surface area (Å²) in [6, 6.07) is 4.34. The largest absolute Gasteiger partial charge is 0.0876 e. The van der Waals surface area contributed by atoms with Crippen LogP contribution >= 0.6 is 54.5 Å². The van der Waals surface area contributed by atoms with Crippen LogP contribution in [0.15, 0.2) is 16.6 Å². The van der Waals surface area contributed by atoms with Gasteiger partial charge in [0.05, 0.1) is 0 Å². The van der Waals surface area contributed by atoms with E-state index in [9.17, 15) is 0 Å². The molecule has 0 aromatic heterocycles. The van der Waals surface area contributed by atoms with Gasteiger partial charge in [-0.05, 0) is 52.8 Å². The molecule has 0 saturated carbocycles. The third-order valence-corrected chi connectivity index (χ3v) is 3.98. The molecule has 60 valence electrons. The molecule has 0 spiro atoms. The van der Waals surface area contributed by atoms with Crippen LogP contribution < -0.4 is 0 Å². The Morgan fingerprint density at radius 3 is 2.64 bits per heavy atom. The van der Waals surface area contributed by atoms with Gasteiger partial charge in [-0.1, -0.05) is 31.9 Å². The van der Waals surface area contributed by atoms with Crippen molar-refractivity contribution in [2.45, 2.75) is 12.3 Å². The number of alkyl halides is 1. The average Bonchev–Trinajstić information content (AvgIpc) is 1.97. The molecule has 0 radical (unpaired) electrons. The summed E-state index contributed by atoms with van der Waals surface area (Å²) >= 11 is 9.29. The summed E-state index contributed by atoms with van der Waals surface area (Å²) in [6.45, 7) is 2.12. The summed E-state index contributed by atoms with van der Waals surface area (Å²) in [7, 11) is 0. The number of rotatable bonds is 1. The van der Waals surface area contributed by atoms with Crippen LogP contribution in [0.5, 0.6) is 0 Å². The van der Waals surface area contributed by atoms with E-state index >= 15 is 0 Å². The van der Waals surface area contributed by atoms with Crippen LogP contribution in [0.25, 0.3) is 0 Å². The normalized spacial score (nSPS) is 10.2. The van der Waals surface area contributed by atoms with Crippen LogP contribution in [0.4, 0.5) is 0 Å². The Bertz CT molecular complexity index is 271. The molecule has 0 aliphatic heterocycles. The molecule has 0 saturated heterocycles. The number of benzene rings is 1. The zero-order valence-electron chi connectivity index (χ0n) is 6.00. The molecule has 0 fully saturated rings. The first-order valence-corrected chi connectivity index (χ1v) is 6.15. The lowest BCUT2D eigenvalue weighted by molar-refractivity contribution is 1.32. The maximum atomic E-state index is 3.51. The second kappa shape index (κ2) is 4.23. The molecule has 3 heteroatoms. The fourth-order valence-electron chi connectivity index (χ4n) is 0.790. The lowest BCUT2D eigenvalue weighted by Gasteiger charge is -2.03. The maximum absolute atomic E-state index is 3.51. The lowest BCUT2D eigenvalue weighted by Crippen LogP contribution is -1.86. The zero-order chi connectivity index (χ0) is 8.43. The lowest BCUT2D eigenvalue weighted by atomic mass is 10.2. The van der Waals surface area contributed by atoms with Crippen molar-refractivity contribution in [1.82, 2.24) is 0 Å². The highest BCUT2D eigenvalue weighted by Gasteiger charge is 2.01. The molecular formula is C8H7Br2I. The molecule has 0 heterocycles. The van der Waals surface area contributed by atoms with Crippen molar-refractivity contribution in [3.05, 3.63) is 31.3 Å². The predicted octanol–water partition coefficient (Wildman–Crippen LogP) is 4.26. The summed E-state index contributed by atoms with van der Waals surface area (Å²) in [4.78, 5) is 0. The first-order valence-electron chi connectivity index (χ1n) is 3.15. The Morgan fingerprint density at radius 2 is 2.09 bits per heavy atom. The average molecular weight is 390 g/mol. The van der Waals surface area contributed by atoms with Crippen LogP contribution in [-0.4, -0.2) is 0 Å². The van der Waals surface area contributed by atoms with Gasteiger partial charge in [-0.25, -0.2) is 0 Å². The first-order chi connectivity index (χ1) is 5.15. The van der Waals surface area contributed by atoms with Crippen molar-refractivity contribution in [1.29, 1.82) is 0 Å². The van der Waals surface area contributed by atoms with Crippen molar-refractivity contribution in [2.75, 3.05) is 0 Å². The topological polar surface area (TPSA) is 0 Å². The van der Waals surface area contributed by atoms with Gasteiger partial charge in [-0.3, -0.25) is 0 Å². The quantitative estimate of drug-likeness (QED) is 0.497. The van der Waals surface area contributed by atoms with Crippen molar-refractivity contribution < 1.29 is 0 Å². The molecule has 1 aromatic rings. The van der Waals surface area contributed by atoms with E-state index < -0.39 is 0 Å². The molecule has 1 rings (SSSR count). The minimum Gasteiger partial charge on any atom is -0.0876 e. The van der Waals surface area contributed by atoms with E-state index in [1.165, 1.54) is 19.2 Å². The molecule has 0 atom stereocenters. The van der Waals surface area contributed by atoms with Gasteiger partial charge in [0.1, 0.15) is 0 Å². The van der Waals surface area contributed by atoms with Crippen molar-refractivity contribution in [3.8, 4) is 0 Å². The second-order valence-corrected chi connectivity index (χ2v) is 4.90. The number of hydrogen-bond donors (Lipinski definition) is 0.